The molecule has 2 saturated carbocycles. The highest BCUT2D eigenvalue weighted by Crippen LogP contribution is 2.48. The number of aromatic nitrogens is 5. The lowest BCUT2D eigenvalue weighted by Gasteiger charge is -2.27. The normalized spacial score (nSPS) is 19.2. The van der Waals surface area contributed by atoms with Crippen LogP contribution in [-0.4, -0.2) is 37.7 Å². The topological polar surface area (TPSA) is 88.8 Å². The summed E-state index contributed by atoms with van der Waals surface area (Å²) in [5, 5.41) is 11.7. The van der Waals surface area contributed by atoms with Crippen molar-refractivity contribution in [2.24, 2.45) is 0 Å². The minimum atomic E-state index is -0.00429. The van der Waals surface area contributed by atoms with Gasteiger partial charge < -0.3 is 9.88 Å². The van der Waals surface area contributed by atoms with Crippen molar-refractivity contribution >= 4 is 11.7 Å². The summed E-state index contributed by atoms with van der Waals surface area (Å²) in [4.78, 5) is 25.0. The molecule has 0 saturated heterocycles. The summed E-state index contributed by atoms with van der Waals surface area (Å²) in [6.07, 6.45) is 7.57. The van der Waals surface area contributed by atoms with Crippen molar-refractivity contribution in [3.63, 3.8) is 0 Å². The van der Waals surface area contributed by atoms with Crippen LogP contribution in [0.3, 0.4) is 0 Å². The molecule has 164 valence electrons. The fraction of sp³-hybridized carbons (Fsp3) is 0.458. The molecule has 2 fully saturated rings. The molecule has 0 aromatic carbocycles. The minimum Gasteiger partial charge on any atom is -0.314 e. The Kier molecular flexibility index (Phi) is 4.40. The molecule has 3 aromatic rings. The second-order valence-corrected chi connectivity index (χ2v) is 9.49. The van der Waals surface area contributed by atoms with Gasteiger partial charge in [0.05, 0.1) is 12.2 Å². The lowest BCUT2D eigenvalue weighted by Crippen LogP contribution is -2.24. The zero-order valence-electron chi connectivity index (χ0n) is 18.5. The van der Waals surface area contributed by atoms with Gasteiger partial charge in [-0.05, 0) is 57.4 Å². The van der Waals surface area contributed by atoms with Crippen LogP contribution in [0, 0.1) is 0 Å². The third-order valence-electron chi connectivity index (χ3n) is 7.25. The van der Waals surface area contributed by atoms with E-state index in [0.29, 0.717) is 24.9 Å². The Morgan fingerprint density at radius 1 is 1.22 bits per heavy atom. The molecule has 4 heterocycles. The molecule has 0 atom stereocenters. The zero-order chi connectivity index (χ0) is 21.9. The predicted octanol–water partition coefficient (Wildman–Crippen LogP) is 3.39. The summed E-state index contributed by atoms with van der Waals surface area (Å²) in [6, 6.07) is 8.24. The van der Waals surface area contributed by atoms with Crippen molar-refractivity contribution in [3.8, 4) is 11.5 Å². The molecule has 1 aliphatic heterocycles. The maximum Gasteiger partial charge on any atom is 0.260 e. The molecule has 3 aromatic heterocycles. The Balaban J connectivity index is 1.36. The van der Waals surface area contributed by atoms with Crippen molar-refractivity contribution in [1.29, 1.82) is 0 Å². The van der Waals surface area contributed by atoms with Crippen molar-refractivity contribution in [3.05, 3.63) is 53.1 Å². The number of fused-ring (bicyclic) bond motifs is 1. The molecule has 1 N–H and O–H groups in total. The number of rotatable bonds is 6. The average Bonchev–Trinajstić information content (AvgIpc) is 3.18. The predicted molar refractivity (Wildman–Crippen MR) is 120 cm³/mol. The number of carbonyl (C=O) groups excluding carboxylic acids is 1. The SMILES string of the molecule is CNCc1nc(C2(C)CC2)cc2c1CN(c1cccc(-c3nncn3C3CCC3)n1)C2=O. The van der Waals surface area contributed by atoms with Gasteiger partial charge in [-0.3, -0.25) is 14.7 Å². The van der Waals surface area contributed by atoms with Crippen LogP contribution < -0.4 is 10.2 Å². The quantitative estimate of drug-likeness (QED) is 0.646. The molecule has 32 heavy (non-hydrogen) atoms. The molecule has 0 unspecified atom stereocenters. The number of anilines is 1. The highest BCUT2D eigenvalue weighted by molar-refractivity contribution is 6.09. The molecule has 0 spiro atoms. The van der Waals surface area contributed by atoms with Gasteiger partial charge in [0, 0.05) is 34.8 Å². The van der Waals surface area contributed by atoms with Crippen LogP contribution in [0.4, 0.5) is 5.82 Å². The Morgan fingerprint density at radius 3 is 2.78 bits per heavy atom. The Hall–Kier alpha value is -3.13. The monoisotopic (exact) mass is 429 g/mol. The zero-order valence-corrected chi connectivity index (χ0v) is 18.5. The number of nitrogens with zero attached hydrogens (tertiary/aromatic N) is 6. The van der Waals surface area contributed by atoms with Crippen LogP contribution >= 0.6 is 0 Å². The molecule has 0 radical (unpaired) electrons. The first-order valence-corrected chi connectivity index (χ1v) is 11.4. The van der Waals surface area contributed by atoms with Gasteiger partial charge >= 0.3 is 0 Å². The summed E-state index contributed by atoms with van der Waals surface area (Å²) in [7, 11) is 1.91. The summed E-state index contributed by atoms with van der Waals surface area (Å²) < 4.78 is 2.12. The lowest BCUT2D eigenvalue weighted by atomic mass is 9.93. The number of amides is 1. The van der Waals surface area contributed by atoms with Gasteiger partial charge in [-0.1, -0.05) is 13.0 Å². The number of hydrogen-bond donors (Lipinski definition) is 1. The molecule has 2 aliphatic carbocycles. The molecule has 1 amide bonds. The van der Waals surface area contributed by atoms with E-state index in [1.807, 2.05) is 31.3 Å². The van der Waals surface area contributed by atoms with E-state index in [2.05, 4.69) is 27.0 Å². The highest BCUT2D eigenvalue weighted by Gasteiger charge is 2.43. The van der Waals surface area contributed by atoms with Gasteiger partial charge in [-0.25, -0.2) is 4.98 Å². The third kappa shape index (κ3) is 3.04. The highest BCUT2D eigenvalue weighted by atomic mass is 16.2. The fourth-order valence-corrected chi connectivity index (χ4v) is 4.67. The Labute approximate surface area is 187 Å². The van der Waals surface area contributed by atoms with Gasteiger partial charge in [-0.2, -0.15) is 0 Å². The Morgan fingerprint density at radius 2 is 2.06 bits per heavy atom. The number of hydrogen-bond acceptors (Lipinski definition) is 6. The molecule has 6 rings (SSSR count). The smallest absolute Gasteiger partial charge is 0.260 e. The molecule has 8 nitrogen and oxygen atoms in total. The Bertz CT molecular complexity index is 1210. The summed E-state index contributed by atoms with van der Waals surface area (Å²) >= 11 is 0. The van der Waals surface area contributed by atoms with E-state index < -0.39 is 0 Å². The standard InChI is InChI=1S/C24H27N7O/c1-24(9-10-24)20-11-16-17(19(27-20)12-25-2)13-30(23(16)32)21-8-4-7-18(28-21)22-29-26-14-31(22)15-5-3-6-15/h4,7-8,11,14-15,25H,3,5-6,9-10,12-13H2,1-2H3. The van der Waals surface area contributed by atoms with E-state index in [9.17, 15) is 4.79 Å². The van der Waals surface area contributed by atoms with E-state index in [1.165, 1.54) is 6.42 Å². The van der Waals surface area contributed by atoms with E-state index in [0.717, 1.165) is 59.7 Å². The first-order chi connectivity index (χ1) is 15.6. The number of carbonyl (C=O) groups is 1. The fourth-order valence-electron chi connectivity index (χ4n) is 4.67. The maximum atomic E-state index is 13.5. The first kappa shape index (κ1) is 19.5. The maximum absolute atomic E-state index is 13.5. The molecular weight excluding hydrogens is 402 g/mol. The molecule has 3 aliphatic rings. The van der Waals surface area contributed by atoms with Gasteiger partial charge in [0.25, 0.3) is 5.91 Å². The first-order valence-electron chi connectivity index (χ1n) is 11.4. The van der Waals surface area contributed by atoms with Crippen molar-refractivity contribution in [2.75, 3.05) is 11.9 Å². The van der Waals surface area contributed by atoms with Gasteiger partial charge in [0.1, 0.15) is 17.8 Å². The van der Waals surface area contributed by atoms with Crippen LogP contribution in [0.1, 0.15) is 72.4 Å². The second-order valence-electron chi connectivity index (χ2n) is 9.49. The van der Waals surface area contributed by atoms with Crippen LogP contribution in [0.25, 0.3) is 11.5 Å². The van der Waals surface area contributed by atoms with Crippen molar-refractivity contribution in [2.45, 2.75) is 63.6 Å². The number of nitrogens with one attached hydrogen (secondary N) is 1. The summed E-state index contributed by atoms with van der Waals surface area (Å²) in [5.74, 6) is 1.40. The molecule has 8 heteroatoms. The second kappa shape index (κ2) is 7.20. The average molecular weight is 430 g/mol. The van der Waals surface area contributed by atoms with Crippen LogP contribution in [0.15, 0.2) is 30.6 Å². The third-order valence-corrected chi connectivity index (χ3v) is 7.25. The lowest BCUT2D eigenvalue weighted by molar-refractivity contribution is 0.0996. The van der Waals surface area contributed by atoms with Gasteiger partial charge in [-0.15, -0.1) is 10.2 Å². The molecule has 0 bridgehead atoms. The van der Waals surface area contributed by atoms with E-state index in [4.69, 9.17) is 9.97 Å². The van der Waals surface area contributed by atoms with Crippen LogP contribution in [0.2, 0.25) is 0 Å². The van der Waals surface area contributed by atoms with Crippen LogP contribution in [-0.2, 0) is 18.5 Å². The van der Waals surface area contributed by atoms with E-state index >= 15 is 0 Å². The van der Waals surface area contributed by atoms with Gasteiger partial charge in [0.2, 0.25) is 0 Å². The van der Waals surface area contributed by atoms with E-state index in [-0.39, 0.29) is 11.3 Å². The molecular formula is C24H27N7O. The summed E-state index contributed by atoms with van der Waals surface area (Å²) in [6.45, 7) is 3.36. The van der Waals surface area contributed by atoms with Crippen LogP contribution in [0.5, 0.6) is 0 Å². The summed E-state index contributed by atoms with van der Waals surface area (Å²) in [5.41, 5.74) is 4.61. The van der Waals surface area contributed by atoms with Crippen molar-refractivity contribution < 1.29 is 4.79 Å². The minimum absolute atomic E-state index is 0.00429. The van der Waals surface area contributed by atoms with Crippen molar-refractivity contribution in [1.82, 2.24) is 30.0 Å². The number of pyridine rings is 2. The largest absolute Gasteiger partial charge is 0.314 e. The van der Waals surface area contributed by atoms with Gasteiger partial charge in [0.15, 0.2) is 5.82 Å². The van der Waals surface area contributed by atoms with E-state index in [1.54, 1.807) is 11.2 Å².